The number of aliphatic hydroxyl groups is 1. The van der Waals surface area contributed by atoms with Crippen LogP contribution in [-0.4, -0.2) is 28.9 Å². The van der Waals surface area contributed by atoms with E-state index in [1.807, 2.05) is 0 Å². The highest BCUT2D eigenvalue weighted by Crippen LogP contribution is 2.38. The number of nitrogens with one attached hydrogen (secondary N) is 2. The smallest absolute Gasteiger partial charge is 0.390 e. The van der Waals surface area contributed by atoms with Crippen molar-refractivity contribution in [2.75, 3.05) is 11.9 Å². The van der Waals surface area contributed by atoms with Crippen molar-refractivity contribution in [2.45, 2.75) is 25.1 Å². The fourth-order valence-corrected chi connectivity index (χ4v) is 2.12. The molecule has 9 heteroatoms. The molecule has 0 bridgehead atoms. The number of anilines is 1. The van der Waals surface area contributed by atoms with E-state index < -0.39 is 28.9 Å². The van der Waals surface area contributed by atoms with Crippen LogP contribution in [-0.2, 0) is 11.0 Å². The van der Waals surface area contributed by atoms with Crippen LogP contribution in [0.4, 0.5) is 24.5 Å². The van der Waals surface area contributed by atoms with Gasteiger partial charge in [-0.25, -0.2) is 4.85 Å². The number of hydrogen-bond acceptors (Lipinski definition) is 4. The Morgan fingerprint density at radius 2 is 2.26 bits per heavy atom. The van der Waals surface area contributed by atoms with Gasteiger partial charge in [-0.1, -0.05) is 6.07 Å². The van der Waals surface area contributed by atoms with Crippen LogP contribution in [0.3, 0.4) is 0 Å². The van der Waals surface area contributed by atoms with Gasteiger partial charge in [0.05, 0.1) is 24.5 Å². The lowest BCUT2D eigenvalue weighted by atomic mass is 9.96. The maximum absolute atomic E-state index is 12.9. The van der Waals surface area contributed by atoms with E-state index in [-0.39, 0.29) is 18.7 Å². The Hall–Kier alpha value is -2.60. The molecule has 1 unspecified atom stereocenters. The number of hydrazone groups is 1. The first kappa shape index (κ1) is 16.8. The van der Waals surface area contributed by atoms with Crippen LogP contribution in [0, 0.1) is 6.57 Å². The summed E-state index contributed by atoms with van der Waals surface area (Å²) < 4.78 is 38.7. The summed E-state index contributed by atoms with van der Waals surface area (Å²) in [5.74, 6) is -0.589. The Balaban J connectivity index is 2.21. The Labute approximate surface area is 129 Å². The summed E-state index contributed by atoms with van der Waals surface area (Å²) in [6, 6.07) is 2.95. The van der Waals surface area contributed by atoms with Gasteiger partial charge in [-0.3, -0.25) is 10.2 Å². The topological polar surface area (TPSA) is 78.1 Å². The summed E-state index contributed by atoms with van der Waals surface area (Å²) in [4.78, 5) is 15.1. The third-order valence-electron chi connectivity index (χ3n) is 3.38. The zero-order valence-corrected chi connectivity index (χ0v) is 12.0. The van der Waals surface area contributed by atoms with E-state index in [0.717, 1.165) is 12.1 Å². The molecule has 1 amide bonds. The number of alkyl halides is 3. The minimum Gasteiger partial charge on any atom is -0.390 e. The van der Waals surface area contributed by atoms with E-state index in [0.29, 0.717) is 5.71 Å². The summed E-state index contributed by atoms with van der Waals surface area (Å²) >= 11 is 0. The van der Waals surface area contributed by atoms with Gasteiger partial charge in [-0.2, -0.15) is 18.3 Å². The molecule has 0 saturated carbocycles. The van der Waals surface area contributed by atoms with Crippen molar-refractivity contribution in [1.29, 1.82) is 0 Å². The third kappa shape index (κ3) is 3.43. The molecule has 0 aliphatic carbocycles. The predicted octanol–water partition coefficient (Wildman–Crippen LogP) is 2.29. The first-order chi connectivity index (χ1) is 10.7. The van der Waals surface area contributed by atoms with Gasteiger partial charge in [-0.05, 0) is 19.1 Å². The summed E-state index contributed by atoms with van der Waals surface area (Å²) in [6.45, 7) is 7.98. The minimum absolute atomic E-state index is 0.0739. The molecular weight excluding hydrogens is 313 g/mol. The van der Waals surface area contributed by atoms with Gasteiger partial charge in [-0.15, -0.1) is 0 Å². The quantitative estimate of drug-likeness (QED) is 0.746. The highest BCUT2D eigenvalue weighted by molar-refractivity contribution is 6.03. The number of hydrogen-bond donors (Lipinski definition) is 3. The Morgan fingerprint density at radius 3 is 2.78 bits per heavy atom. The third-order valence-corrected chi connectivity index (χ3v) is 3.38. The lowest BCUT2D eigenvalue weighted by Crippen LogP contribution is -2.47. The number of halogens is 3. The molecule has 1 aromatic carbocycles. The van der Waals surface area contributed by atoms with E-state index in [1.165, 1.54) is 13.0 Å². The highest BCUT2D eigenvalue weighted by Gasteiger charge is 2.39. The van der Waals surface area contributed by atoms with E-state index in [9.17, 15) is 18.0 Å². The molecule has 0 spiro atoms. The molecule has 6 nitrogen and oxygen atoms in total. The molecule has 122 valence electrons. The number of aliphatic hydroxyl groups excluding tert-OH is 1. The van der Waals surface area contributed by atoms with Gasteiger partial charge in [0.25, 0.3) is 5.91 Å². The molecule has 0 aromatic heterocycles. The Bertz CT molecular complexity index is 709. The standard InChI is InChI=1S/C14H13F3N4O2/c1-13(6-9(7-22)20-21-13)12(23)19-8-3-4-11(18-2)10(5-8)14(15,16)17/h3-5,21-22H,6-7H2,1H3,(H,19,23). The zero-order valence-electron chi connectivity index (χ0n) is 12.0. The molecule has 1 atom stereocenters. The second-order valence-corrected chi connectivity index (χ2v) is 5.25. The molecule has 2 rings (SSSR count). The Kier molecular flexibility index (Phi) is 4.29. The number of nitrogens with zero attached hydrogens (tertiary/aromatic N) is 2. The first-order valence-corrected chi connectivity index (χ1v) is 6.53. The monoisotopic (exact) mass is 326 g/mol. The highest BCUT2D eigenvalue weighted by atomic mass is 19.4. The average molecular weight is 326 g/mol. The summed E-state index contributed by atoms with van der Waals surface area (Å²) in [5, 5.41) is 15.2. The van der Waals surface area contributed by atoms with Crippen LogP contribution < -0.4 is 10.7 Å². The van der Waals surface area contributed by atoms with Crippen molar-refractivity contribution in [2.24, 2.45) is 5.10 Å². The Morgan fingerprint density at radius 1 is 1.57 bits per heavy atom. The van der Waals surface area contributed by atoms with Crippen molar-refractivity contribution < 1.29 is 23.1 Å². The molecule has 3 N–H and O–H groups in total. The van der Waals surface area contributed by atoms with Crippen LogP contribution in [0.2, 0.25) is 0 Å². The van der Waals surface area contributed by atoms with Crippen molar-refractivity contribution in [1.82, 2.24) is 5.43 Å². The van der Waals surface area contributed by atoms with Crippen LogP contribution in [0.25, 0.3) is 4.85 Å². The van der Waals surface area contributed by atoms with E-state index in [4.69, 9.17) is 11.7 Å². The second kappa shape index (κ2) is 5.89. The van der Waals surface area contributed by atoms with Crippen LogP contribution in [0.15, 0.2) is 23.3 Å². The summed E-state index contributed by atoms with van der Waals surface area (Å²) in [7, 11) is 0. The van der Waals surface area contributed by atoms with E-state index in [1.54, 1.807) is 0 Å². The van der Waals surface area contributed by atoms with Gasteiger partial charge in [0.1, 0.15) is 5.54 Å². The molecule has 23 heavy (non-hydrogen) atoms. The molecule has 1 aliphatic rings. The number of rotatable bonds is 3. The predicted molar refractivity (Wildman–Crippen MR) is 77.0 cm³/mol. The van der Waals surface area contributed by atoms with Crippen LogP contribution in [0.1, 0.15) is 18.9 Å². The zero-order chi connectivity index (χ0) is 17.3. The number of benzene rings is 1. The van der Waals surface area contributed by atoms with Gasteiger partial charge >= 0.3 is 6.18 Å². The summed E-state index contributed by atoms with van der Waals surface area (Å²) in [6.07, 6.45) is -4.55. The van der Waals surface area contributed by atoms with Crippen molar-refractivity contribution >= 4 is 23.0 Å². The minimum atomic E-state index is -4.69. The number of carbonyl (C=O) groups excluding carboxylic acids is 1. The molecule has 1 heterocycles. The van der Waals surface area contributed by atoms with Gasteiger partial charge < -0.3 is 10.4 Å². The second-order valence-electron chi connectivity index (χ2n) is 5.25. The van der Waals surface area contributed by atoms with Crippen molar-refractivity contribution in [3.63, 3.8) is 0 Å². The molecular formula is C14H13F3N4O2. The molecule has 0 radical (unpaired) electrons. The van der Waals surface area contributed by atoms with Crippen LogP contribution >= 0.6 is 0 Å². The maximum Gasteiger partial charge on any atom is 0.407 e. The molecule has 0 saturated heterocycles. The van der Waals surface area contributed by atoms with E-state index in [2.05, 4.69) is 20.7 Å². The largest absolute Gasteiger partial charge is 0.407 e. The van der Waals surface area contributed by atoms with Crippen molar-refractivity contribution in [3.8, 4) is 0 Å². The van der Waals surface area contributed by atoms with Crippen LogP contribution in [0.5, 0.6) is 0 Å². The lowest BCUT2D eigenvalue weighted by molar-refractivity contribution is -0.136. The molecule has 0 fully saturated rings. The average Bonchev–Trinajstić information content (AvgIpc) is 2.89. The number of amides is 1. The SMILES string of the molecule is [C-]#[N+]c1ccc(NC(=O)C2(C)CC(CO)=NN2)cc1C(F)(F)F. The van der Waals surface area contributed by atoms with Gasteiger partial charge in [0.2, 0.25) is 0 Å². The van der Waals surface area contributed by atoms with Gasteiger partial charge in [0.15, 0.2) is 5.69 Å². The lowest BCUT2D eigenvalue weighted by Gasteiger charge is -2.23. The van der Waals surface area contributed by atoms with Crippen molar-refractivity contribution in [3.05, 3.63) is 35.2 Å². The fraction of sp³-hybridized carbons (Fsp3) is 0.357. The number of carbonyl (C=O) groups is 1. The maximum atomic E-state index is 12.9. The first-order valence-electron chi connectivity index (χ1n) is 6.53. The van der Waals surface area contributed by atoms with E-state index >= 15 is 0 Å². The molecule has 1 aliphatic heterocycles. The summed E-state index contributed by atoms with van der Waals surface area (Å²) in [5.41, 5.74) is 0.0670. The fourth-order valence-electron chi connectivity index (χ4n) is 2.12. The molecule has 1 aromatic rings. The normalized spacial score (nSPS) is 20.4. The van der Waals surface area contributed by atoms with Gasteiger partial charge in [0, 0.05) is 12.1 Å².